The summed E-state index contributed by atoms with van der Waals surface area (Å²) in [6.45, 7) is 4.97. The molecule has 0 unspecified atom stereocenters. The lowest BCUT2D eigenvalue weighted by Gasteiger charge is -2.56. The molecule has 2 fully saturated rings. The molecule has 5 atom stereocenters. The Kier molecular flexibility index (Phi) is 3.00. The molecule has 21 heavy (non-hydrogen) atoms. The number of rotatable bonds is 1. The molecule has 0 aliphatic heterocycles. The highest BCUT2D eigenvalue weighted by molar-refractivity contribution is 5.74. The maximum absolute atomic E-state index is 11.3. The number of hydrogen-bond donors (Lipinski definition) is 0. The molecule has 0 heterocycles. The van der Waals surface area contributed by atoms with E-state index in [9.17, 15) is 4.79 Å². The fourth-order valence-electron chi connectivity index (χ4n) is 6.43. The van der Waals surface area contributed by atoms with E-state index in [4.69, 9.17) is 0 Å². The van der Waals surface area contributed by atoms with Crippen molar-refractivity contribution in [3.8, 4) is 0 Å². The molecule has 0 aromatic heterocycles. The molecule has 0 saturated heterocycles. The van der Waals surface area contributed by atoms with Gasteiger partial charge >= 0.3 is 0 Å². The van der Waals surface area contributed by atoms with E-state index >= 15 is 0 Å². The lowest BCUT2D eigenvalue weighted by atomic mass is 9.48. The number of carbonyl (C=O) groups is 1. The smallest absolute Gasteiger partial charge is 0.145 e. The van der Waals surface area contributed by atoms with Crippen molar-refractivity contribution < 1.29 is 4.79 Å². The third-order valence-corrected chi connectivity index (χ3v) is 7.58. The third kappa shape index (κ3) is 1.85. The minimum atomic E-state index is 0.299. The molecule has 0 aromatic carbocycles. The maximum atomic E-state index is 11.3. The second-order valence-corrected chi connectivity index (χ2v) is 8.55. The molecule has 0 bridgehead atoms. The van der Waals surface area contributed by atoms with Crippen LogP contribution in [-0.4, -0.2) is 6.29 Å². The Balaban J connectivity index is 1.69. The Bertz CT molecular complexity index is 528. The van der Waals surface area contributed by atoms with E-state index in [1.807, 2.05) is 0 Å². The number of fused-ring (bicyclic) bond motifs is 5. The molecule has 4 aliphatic carbocycles. The van der Waals surface area contributed by atoms with Gasteiger partial charge in [-0.25, -0.2) is 0 Å². The van der Waals surface area contributed by atoms with Crippen molar-refractivity contribution in [2.24, 2.45) is 28.6 Å². The van der Waals surface area contributed by atoms with Gasteiger partial charge in [-0.15, -0.1) is 0 Å². The average Bonchev–Trinajstić information content (AvgIpc) is 2.83. The average molecular weight is 284 g/mol. The summed E-state index contributed by atoms with van der Waals surface area (Å²) < 4.78 is 0. The topological polar surface area (TPSA) is 17.1 Å². The summed E-state index contributed by atoms with van der Waals surface area (Å²) in [5, 5.41) is 0. The summed E-state index contributed by atoms with van der Waals surface area (Å²) in [5.41, 5.74) is 3.63. The van der Waals surface area contributed by atoms with E-state index < -0.39 is 0 Å². The van der Waals surface area contributed by atoms with Crippen molar-refractivity contribution in [2.45, 2.75) is 65.2 Å². The number of hydrogen-bond acceptors (Lipinski definition) is 1. The second kappa shape index (κ2) is 4.57. The van der Waals surface area contributed by atoms with Crippen LogP contribution in [0.4, 0.5) is 0 Å². The van der Waals surface area contributed by atoms with Crippen LogP contribution < -0.4 is 0 Å². The summed E-state index contributed by atoms with van der Waals surface area (Å²) in [6.07, 6.45) is 16.6. The normalized spacial score (nSPS) is 48.6. The molecule has 114 valence electrons. The molecule has 0 spiro atoms. The van der Waals surface area contributed by atoms with Crippen molar-refractivity contribution in [1.82, 2.24) is 0 Å². The quantitative estimate of drug-likeness (QED) is 0.485. The highest BCUT2D eigenvalue weighted by atomic mass is 16.1. The van der Waals surface area contributed by atoms with Crippen LogP contribution in [0.5, 0.6) is 0 Å². The van der Waals surface area contributed by atoms with Crippen LogP contribution >= 0.6 is 0 Å². The summed E-state index contributed by atoms with van der Waals surface area (Å²) in [4.78, 5) is 11.3. The fourth-order valence-corrected chi connectivity index (χ4v) is 6.43. The van der Waals surface area contributed by atoms with Gasteiger partial charge in [-0.3, -0.25) is 4.79 Å². The van der Waals surface area contributed by atoms with Gasteiger partial charge in [-0.05, 0) is 79.1 Å². The monoisotopic (exact) mass is 284 g/mol. The second-order valence-electron chi connectivity index (χ2n) is 8.55. The molecule has 0 amide bonds. The number of aldehydes is 1. The van der Waals surface area contributed by atoms with Crippen molar-refractivity contribution in [3.63, 3.8) is 0 Å². The Morgan fingerprint density at radius 1 is 1.19 bits per heavy atom. The molecule has 4 rings (SSSR count). The summed E-state index contributed by atoms with van der Waals surface area (Å²) >= 11 is 0. The van der Waals surface area contributed by atoms with Crippen LogP contribution in [0.25, 0.3) is 0 Å². The van der Waals surface area contributed by atoms with Gasteiger partial charge in [0.05, 0.1) is 0 Å². The first-order chi connectivity index (χ1) is 10.1. The Morgan fingerprint density at radius 2 is 2.05 bits per heavy atom. The number of carbonyl (C=O) groups excluding carboxylic acids is 1. The lowest BCUT2D eigenvalue weighted by molar-refractivity contribution is -0.105. The largest absolute Gasteiger partial charge is 0.298 e. The third-order valence-electron chi connectivity index (χ3n) is 7.58. The zero-order valence-corrected chi connectivity index (χ0v) is 13.5. The Labute approximate surface area is 128 Å². The van der Waals surface area contributed by atoms with Crippen molar-refractivity contribution in [2.75, 3.05) is 0 Å². The highest BCUT2D eigenvalue weighted by Crippen LogP contribution is 2.63. The van der Waals surface area contributed by atoms with Crippen LogP contribution in [0.15, 0.2) is 23.3 Å². The molecule has 0 radical (unpaired) electrons. The minimum absolute atomic E-state index is 0.299. The predicted molar refractivity (Wildman–Crippen MR) is 85.9 cm³/mol. The molecular formula is C20H28O. The first-order valence-corrected chi connectivity index (χ1v) is 8.93. The van der Waals surface area contributed by atoms with Gasteiger partial charge in [0.1, 0.15) is 6.29 Å². The van der Waals surface area contributed by atoms with E-state index in [2.05, 4.69) is 26.0 Å². The van der Waals surface area contributed by atoms with Crippen LogP contribution in [0, 0.1) is 28.6 Å². The van der Waals surface area contributed by atoms with Crippen LogP contribution in [0.1, 0.15) is 65.2 Å². The van der Waals surface area contributed by atoms with Crippen LogP contribution in [-0.2, 0) is 4.79 Å². The van der Waals surface area contributed by atoms with Crippen molar-refractivity contribution >= 4 is 6.29 Å². The van der Waals surface area contributed by atoms with Crippen molar-refractivity contribution in [3.05, 3.63) is 23.3 Å². The van der Waals surface area contributed by atoms with Gasteiger partial charge in [-0.2, -0.15) is 0 Å². The van der Waals surface area contributed by atoms with Crippen molar-refractivity contribution in [1.29, 1.82) is 0 Å². The van der Waals surface area contributed by atoms with E-state index in [1.54, 1.807) is 5.57 Å². The minimum Gasteiger partial charge on any atom is -0.298 e. The van der Waals surface area contributed by atoms with Gasteiger partial charge in [0, 0.05) is 0 Å². The van der Waals surface area contributed by atoms with Gasteiger partial charge in [0.25, 0.3) is 0 Å². The van der Waals surface area contributed by atoms with Gasteiger partial charge in [0.2, 0.25) is 0 Å². The molecule has 0 N–H and O–H groups in total. The Hall–Kier alpha value is -0.850. The first kappa shape index (κ1) is 13.8. The van der Waals surface area contributed by atoms with Crippen LogP contribution in [0.2, 0.25) is 0 Å². The molecular weight excluding hydrogens is 256 g/mol. The molecule has 0 aromatic rings. The van der Waals surface area contributed by atoms with Crippen LogP contribution in [0.3, 0.4) is 0 Å². The zero-order valence-electron chi connectivity index (χ0n) is 13.5. The predicted octanol–water partition coefficient (Wildman–Crippen LogP) is 5.07. The Morgan fingerprint density at radius 3 is 2.86 bits per heavy atom. The summed E-state index contributed by atoms with van der Waals surface area (Å²) in [5.74, 6) is 2.40. The molecule has 1 heteroatoms. The lowest BCUT2D eigenvalue weighted by Crippen LogP contribution is -2.48. The van der Waals surface area contributed by atoms with Gasteiger partial charge < -0.3 is 0 Å². The van der Waals surface area contributed by atoms with E-state index in [0.29, 0.717) is 16.7 Å². The molecule has 1 nitrogen and oxygen atoms in total. The van der Waals surface area contributed by atoms with E-state index in [-0.39, 0.29) is 0 Å². The standard InChI is InChI=1S/C20H28O/c1-19-10-8-17-16(18(19)11-14(12-19)13-21)7-6-15-5-3-4-9-20(15,17)2/h6,12-13,16-18H,3-5,7-11H2,1-2H3/t16-,17+,18+,19-,20+/m1/s1. The highest BCUT2D eigenvalue weighted by Gasteiger charge is 2.54. The molecule has 2 saturated carbocycles. The van der Waals surface area contributed by atoms with Gasteiger partial charge in [0.15, 0.2) is 0 Å². The van der Waals surface area contributed by atoms with Gasteiger partial charge in [-0.1, -0.05) is 38.0 Å². The summed E-state index contributed by atoms with van der Waals surface area (Å²) in [6, 6.07) is 0. The number of allylic oxidation sites excluding steroid dienone is 4. The first-order valence-electron chi connectivity index (χ1n) is 8.93. The SMILES string of the molecule is C[C@@]12C=C(C=O)C[C@H]1[C@@H]1CC=C3CCCC[C@]3(C)[C@H]1CC2. The van der Waals surface area contributed by atoms with E-state index in [0.717, 1.165) is 30.1 Å². The molecule has 4 aliphatic rings. The maximum Gasteiger partial charge on any atom is 0.145 e. The fraction of sp³-hybridized carbons (Fsp3) is 0.750. The summed E-state index contributed by atoms with van der Waals surface area (Å²) in [7, 11) is 0. The zero-order chi connectivity index (χ0) is 14.7. The van der Waals surface area contributed by atoms with E-state index in [1.165, 1.54) is 44.9 Å².